The molecule has 3 heteroatoms. The molecule has 0 saturated carbocycles. The molecule has 1 unspecified atom stereocenters. The van der Waals surface area contributed by atoms with Crippen molar-refractivity contribution in [1.29, 1.82) is 0 Å². The van der Waals surface area contributed by atoms with Crippen molar-refractivity contribution in [2.75, 3.05) is 0 Å². The predicted molar refractivity (Wildman–Crippen MR) is 58.9 cm³/mol. The van der Waals surface area contributed by atoms with Gasteiger partial charge in [0, 0.05) is 0 Å². The van der Waals surface area contributed by atoms with E-state index in [2.05, 4.69) is 51.0 Å². The zero-order valence-corrected chi connectivity index (χ0v) is 10.6. The van der Waals surface area contributed by atoms with Crippen LogP contribution in [0, 0.1) is 0 Å². The zero-order chi connectivity index (χ0) is 9.41. The quantitative estimate of drug-likeness (QED) is 0.620. The molecule has 0 radical (unpaired) electrons. The van der Waals surface area contributed by atoms with E-state index in [1.807, 2.05) is 0 Å². The molecule has 0 aromatic carbocycles. The summed E-state index contributed by atoms with van der Waals surface area (Å²) in [5.74, 6) is 0. The fraction of sp³-hybridized carbons (Fsp3) is 0.556. The molecule has 1 aliphatic heterocycles. The number of hydrogen-bond acceptors (Lipinski definition) is 1. The van der Waals surface area contributed by atoms with Crippen molar-refractivity contribution in [2.45, 2.75) is 33.1 Å². The van der Waals surface area contributed by atoms with Gasteiger partial charge in [-0.15, -0.1) is 0 Å². The minimum absolute atomic E-state index is 1.37. The summed E-state index contributed by atoms with van der Waals surface area (Å²) in [6.07, 6.45) is 4.33. The molecule has 0 aliphatic carbocycles. The van der Waals surface area contributed by atoms with Gasteiger partial charge in [-0.2, -0.15) is 0 Å². The van der Waals surface area contributed by atoms with E-state index in [1.165, 1.54) is 5.20 Å². The summed E-state index contributed by atoms with van der Waals surface area (Å²) in [6.45, 7) is 11.2. The molecule has 0 amide bonds. The molecule has 1 atom stereocenters. The van der Waals surface area contributed by atoms with Crippen LogP contribution in [0.4, 0.5) is 0 Å². The molecule has 1 nitrogen and oxygen atoms in total. The van der Waals surface area contributed by atoms with Crippen LogP contribution in [-0.2, 0) is 4.12 Å². The van der Waals surface area contributed by atoms with Crippen LogP contribution < -0.4 is 0 Å². The first kappa shape index (κ1) is 9.96. The number of hydrogen-bond donors (Lipinski definition) is 0. The van der Waals surface area contributed by atoms with E-state index < -0.39 is 16.6 Å². The molecule has 0 N–H and O–H groups in total. The van der Waals surface area contributed by atoms with E-state index in [9.17, 15) is 0 Å². The lowest BCUT2D eigenvalue weighted by Crippen LogP contribution is -2.43. The average Bonchev–Trinajstić information content (AvgIpc) is 2.08. The van der Waals surface area contributed by atoms with Crippen LogP contribution in [0.25, 0.3) is 0 Å². The van der Waals surface area contributed by atoms with E-state index in [-0.39, 0.29) is 0 Å². The lowest BCUT2D eigenvalue weighted by Gasteiger charge is -2.31. The highest BCUT2D eigenvalue weighted by molar-refractivity contribution is 6.92. The predicted octanol–water partition coefficient (Wildman–Crippen LogP) is 3.01. The largest absolute Gasteiger partial charge is 0.450 e. The first-order valence-corrected chi connectivity index (χ1v) is 10.3. The Bertz CT molecular complexity index is 237. The van der Waals surface area contributed by atoms with Crippen LogP contribution in [0.5, 0.6) is 0 Å². The standard InChI is InChI=1S/C9H18OSi2/c1-9-7-6-8-12(9,5)10-11(2,3)4/h6-8H,1-5H3. The van der Waals surface area contributed by atoms with Crippen molar-refractivity contribution in [3.05, 3.63) is 23.0 Å². The van der Waals surface area contributed by atoms with E-state index in [0.29, 0.717) is 0 Å². The summed E-state index contributed by atoms with van der Waals surface area (Å²) in [5, 5.41) is 1.45. The van der Waals surface area contributed by atoms with Gasteiger partial charge in [-0.05, 0) is 33.1 Å². The van der Waals surface area contributed by atoms with Crippen molar-refractivity contribution >= 4 is 16.6 Å². The maximum atomic E-state index is 6.22. The molecular formula is C9H18OSi2. The first-order chi connectivity index (χ1) is 5.33. The second-order valence-electron chi connectivity index (χ2n) is 4.53. The van der Waals surface area contributed by atoms with Crippen molar-refractivity contribution in [1.82, 2.24) is 0 Å². The van der Waals surface area contributed by atoms with Gasteiger partial charge in [0.15, 0.2) is 8.32 Å². The molecule has 0 saturated heterocycles. The topological polar surface area (TPSA) is 9.23 Å². The third-order valence-corrected chi connectivity index (χ3v) is 8.77. The molecular weight excluding hydrogens is 180 g/mol. The van der Waals surface area contributed by atoms with E-state index >= 15 is 0 Å². The Morgan fingerprint density at radius 3 is 2.25 bits per heavy atom. The molecule has 0 fully saturated rings. The average molecular weight is 198 g/mol. The smallest absolute Gasteiger partial charge is 0.230 e. The molecule has 0 aromatic heterocycles. The van der Waals surface area contributed by atoms with Gasteiger partial charge in [-0.25, -0.2) is 0 Å². The van der Waals surface area contributed by atoms with Gasteiger partial charge in [0.25, 0.3) is 0 Å². The molecule has 0 aromatic rings. The van der Waals surface area contributed by atoms with Gasteiger partial charge < -0.3 is 4.12 Å². The monoisotopic (exact) mass is 198 g/mol. The van der Waals surface area contributed by atoms with Crippen molar-refractivity contribution < 1.29 is 4.12 Å². The van der Waals surface area contributed by atoms with Crippen molar-refractivity contribution in [3.8, 4) is 0 Å². The van der Waals surface area contributed by atoms with Crippen LogP contribution >= 0.6 is 0 Å². The summed E-state index contributed by atoms with van der Waals surface area (Å²) < 4.78 is 6.22. The molecule has 1 aliphatic rings. The summed E-state index contributed by atoms with van der Waals surface area (Å²) >= 11 is 0. The van der Waals surface area contributed by atoms with Crippen LogP contribution in [0.1, 0.15) is 6.92 Å². The highest BCUT2D eigenvalue weighted by Crippen LogP contribution is 2.26. The normalized spacial score (nSPS) is 29.2. The molecule has 1 heterocycles. The zero-order valence-electron chi connectivity index (χ0n) is 8.64. The van der Waals surface area contributed by atoms with Gasteiger partial charge >= 0.3 is 0 Å². The van der Waals surface area contributed by atoms with Gasteiger partial charge in [-0.1, -0.05) is 23.0 Å². The summed E-state index contributed by atoms with van der Waals surface area (Å²) in [6, 6.07) is 0. The molecule has 68 valence electrons. The Hall–Kier alpha value is -0.126. The fourth-order valence-corrected chi connectivity index (χ4v) is 8.58. The SMILES string of the molecule is CC1=CC=C[Si]1(C)O[Si](C)(C)C. The second kappa shape index (κ2) is 2.98. The third-order valence-electron chi connectivity index (χ3n) is 2.06. The highest BCUT2D eigenvalue weighted by Gasteiger charge is 2.35. The summed E-state index contributed by atoms with van der Waals surface area (Å²) in [4.78, 5) is 0. The Balaban J connectivity index is 2.75. The molecule has 0 spiro atoms. The first-order valence-electron chi connectivity index (χ1n) is 4.40. The van der Waals surface area contributed by atoms with Gasteiger partial charge in [-0.3, -0.25) is 0 Å². The minimum atomic E-state index is -1.58. The van der Waals surface area contributed by atoms with Gasteiger partial charge in [0.2, 0.25) is 8.32 Å². The maximum absolute atomic E-state index is 6.22. The Labute approximate surface area is 77.4 Å². The highest BCUT2D eigenvalue weighted by atomic mass is 28.4. The Morgan fingerprint density at radius 1 is 1.33 bits per heavy atom. The molecule has 0 bridgehead atoms. The van der Waals surface area contributed by atoms with Gasteiger partial charge in [0.1, 0.15) is 0 Å². The Kier molecular flexibility index (Phi) is 2.47. The lowest BCUT2D eigenvalue weighted by molar-refractivity contribution is 0.567. The molecule has 1 rings (SSSR count). The summed E-state index contributed by atoms with van der Waals surface area (Å²) in [7, 11) is -2.95. The van der Waals surface area contributed by atoms with E-state index in [4.69, 9.17) is 4.12 Å². The van der Waals surface area contributed by atoms with E-state index in [1.54, 1.807) is 0 Å². The fourth-order valence-electron chi connectivity index (χ4n) is 1.42. The maximum Gasteiger partial charge on any atom is 0.230 e. The Morgan fingerprint density at radius 2 is 1.92 bits per heavy atom. The second-order valence-corrected chi connectivity index (χ2v) is 12.9. The summed E-state index contributed by atoms with van der Waals surface area (Å²) in [5.41, 5.74) is 2.28. The minimum Gasteiger partial charge on any atom is -0.450 e. The van der Waals surface area contributed by atoms with Crippen LogP contribution in [0.15, 0.2) is 23.0 Å². The van der Waals surface area contributed by atoms with Crippen LogP contribution in [-0.4, -0.2) is 16.6 Å². The van der Waals surface area contributed by atoms with Crippen molar-refractivity contribution in [2.24, 2.45) is 0 Å². The van der Waals surface area contributed by atoms with E-state index in [0.717, 1.165) is 0 Å². The van der Waals surface area contributed by atoms with Crippen molar-refractivity contribution in [3.63, 3.8) is 0 Å². The number of rotatable bonds is 2. The molecule has 12 heavy (non-hydrogen) atoms. The third kappa shape index (κ3) is 2.18. The van der Waals surface area contributed by atoms with Crippen LogP contribution in [0.2, 0.25) is 26.2 Å². The van der Waals surface area contributed by atoms with Crippen LogP contribution in [0.3, 0.4) is 0 Å². The number of allylic oxidation sites excluding steroid dienone is 3. The van der Waals surface area contributed by atoms with Gasteiger partial charge in [0.05, 0.1) is 0 Å². The lowest BCUT2D eigenvalue weighted by atomic mass is 10.5.